The van der Waals surface area contributed by atoms with Crippen LogP contribution in [0.5, 0.6) is 11.5 Å². The molecule has 0 bridgehead atoms. The first-order valence-electron chi connectivity index (χ1n) is 11.9. The van der Waals surface area contributed by atoms with Gasteiger partial charge < -0.3 is 33.9 Å². The molecular formula is C28H32O8S. The first kappa shape index (κ1) is 27.3. The van der Waals surface area contributed by atoms with E-state index in [1.807, 2.05) is 42.5 Å². The van der Waals surface area contributed by atoms with E-state index in [0.29, 0.717) is 10.6 Å². The van der Waals surface area contributed by atoms with Crippen LogP contribution in [-0.2, 0) is 38.2 Å². The second-order valence-electron chi connectivity index (χ2n) is 8.62. The van der Waals surface area contributed by atoms with Crippen molar-refractivity contribution in [2.24, 2.45) is 0 Å². The standard InChI is InChI=1S/C28H32O8S/c1-32-21-12-8-19(9-13-21)16-34-18-24-25(29)26(30)27(35-17-20-10-14-22(33-2)15-11-20)28(36-24)37(31)23-6-4-3-5-7-23/h3-15,24-30H,16-18H2,1-2H3/t24-,25+,26+,27-,28-,37?/m1/s1. The Morgan fingerprint density at radius 3 is 1.92 bits per heavy atom. The SMILES string of the molecule is COc1ccc(COC[C@H]2O[C@H](S(=O)c3ccccc3)[C@H](OCc3ccc(OC)cc3)[C@@H](O)[C@H]2O)cc1. The van der Waals surface area contributed by atoms with Gasteiger partial charge in [-0.25, -0.2) is 0 Å². The van der Waals surface area contributed by atoms with Crippen molar-refractivity contribution in [2.75, 3.05) is 20.8 Å². The average Bonchev–Trinajstić information content (AvgIpc) is 2.95. The lowest BCUT2D eigenvalue weighted by Crippen LogP contribution is -2.60. The molecule has 198 valence electrons. The van der Waals surface area contributed by atoms with Crippen LogP contribution in [0.2, 0.25) is 0 Å². The highest BCUT2D eigenvalue weighted by atomic mass is 32.2. The van der Waals surface area contributed by atoms with E-state index < -0.39 is 40.7 Å². The first-order chi connectivity index (χ1) is 18.0. The molecule has 4 rings (SSSR count). The molecule has 2 N–H and O–H groups in total. The summed E-state index contributed by atoms with van der Waals surface area (Å²) in [6.45, 7) is 0.400. The summed E-state index contributed by atoms with van der Waals surface area (Å²) in [6, 6.07) is 23.5. The molecule has 1 heterocycles. The zero-order valence-corrected chi connectivity index (χ0v) is 21.6. The van der Waals surface area contributed by atoms with Gasteiger partial charge in [0, 0.05) is 4.90 Å². The van der Waals surface area contributed by atoms with Crippen molar-refractivity contribution >= 4 is 10.8 Å². The molecule has 0 aromatic heterocycles. The maximum Gasteiger partial charge on any atom is 0.166 e. The molecule has 0 radical (unpaired) electrons. The smallest absolute Gasteiger partial charge is 0.166 e. The van der Waals surface area contributed by atoms with Gasteiger partial charge in [-0.15, -0.1) is 0 Å². The summed E-state index contributed by atoms with van der Waals surface area (Å²) in [6.07, 6.45) is -4.55. The number of aliphatic hydroxyl groups is 2. The molecule has 6 atom stereocenters. The van der Waals surface area contributed by atoms with Crippen molar-refractivity contribution < 1.29 is 38.1 Å². The number of rotatable bonds is 11. The van der Waals surface area contributed by atoms with Crippen LogP contribution in [0.25, 0.3) is 0 Å². The number of hydrogen-bond donors (Lipinski definition) is 2. The fourth-order valence-corrected chi connectivity index (χ4v) is 5.43. The molecule has 0 aliphatic carbocycles. The highest BCUT2D eigenvalue weighted by Gasteiger charge is 2.48. The Labute approximate surface area is 219 Å². The minimum absolute atomic E-state index is 0.00204. The van der Waals surface area contributed by atoms with Crippen LogP contribution in [0.15, 0.2) is 83.8 Å². The van der Waals surface area contributed by atoms with Gasteiger partial charge in [0.15, 0.2) is 5.44 Å². The van der Waals surface area contributed by atoms with Crippen LogP contribution >= 0.6 is 0 Å². The Bertz CT molecular complexity index is 1120. The van der Waals surface area contributed by atoms with Crippen molar-refractivity contribution in [3.8, 4) is 11.5 Å². The average molecular weight is 529 g/mol. The summed E-state index contributed by atoms with van der Waals surface area (Å²) >= 11 is 0. The maximum absolute atomic E-state index is 13.5. The second-order valence-corrected chi connectivity index (χ2v) is 10.2. The molecule has 1 aliphatic heterocycles. The number of aliphatic hydroxyl groups excluding tert-OH is 2. The van der Waals surface area contributed by atoms with Gasteiger partial charge in [0.05, 0.1) is 44.8 Å². The van der Waals surface area contributed by atoms with Crippen LogP contribution in [0.3, 0.4) is 0 Å². The van der Waals surface area contributed by atoms with Gasteiger partial charge in [0.25, 0.3) is 0 Å². The molecule has 3 aromatic carbocycles. The van der Waals surface area contributed by atoms with E-state index in [2.05, 4.69) is 0 Å². The topological polar surface area (TPSA) is 104 Å². The van der Waals surface area contributed by atoms with Crippen molar-refractivity contribution in [1.82, 2.24) is 0 Å². The highest BCUT2D eigenvalue weighted by molar-refractivity contribution is 7.85. The molecule has 1 saturated heterocycles. The quantitative estimate of drug-likeness (QED) is 0.392. The van der Waals surface area contributed by atoms with Crippen LogP contribution < -0.4 is 9.47 Å². The summed E-state index contributed by atoms with van der Waals surface area (Å²) < 4.78 is 41.7. The lowest BCUT2D eigenvalue weighted by Gasteiger charge is -2.42. The second kappa shape index (κ2) is 13.1. The molecule has 37 heavy (non-hydrogen) atoms. The summed E-state index contributed by atoms with van der Waals surface area (Å²) in [4.78, 5) is 0.534. The Morgan fingerprint density at radius 2 is 1.35 bits per heavy atom. The molecular weight excluding hydrogens is 496 g/mol. The minimum Gasteiger partial charge on any atom is -0.497 e. The van der Waals surface area contributed by atoms with Crippen molar-refractivity contribution in [3.05, 3.63) is 90.0 Å². The van der Waals surface area contributed by atoms with E-state index in [-0.39, 0.29) is 19.8 Å². The third kappa shape index (κ3) is 6.95. The van der Waals surface area contributed by atoms with E-state index in [1.54, 1.807) is 50.6 Å². The van der Waals surface area contributed by atoms with E-state index in [0.717, 1.165) is 16.9 Å². The molecule has 8 nitrogen and oxygen atoms in total. The van der Waals surface area contributed by atoms with Gasteiger partial charge in [0.1, 0.15) is 35.9 Å². The number of benzene rings is 3. The van der Waals surface area contributed by atoms with Gasteiger partial charge in [-0.1, -0.05) is 42.5 Å². The molecule has 0 saturated carbocycles. The van der Waals surface area contributed by atoms with Crippen LogP contribution in [-0.4, -0.2) is 65.1 Å². The molecule has 0 amide bonds. The van der Waals surface area contributed by atoms with Crippen molar-refractivity contribution in [3.63, 3.8) is 0 Å². The Kier molecular flexibility index (Phi) is 9.68. The molecule has 1 fully saturated rings. The number of hydrogen-bond acceptors (Lipinski definition) is 8. The summed E-state index contributed by atoms with van der Waals surface area (Å²) in [5, 5.41) is 21.9. The lowest BCUT2D eigenvalue weighted by atomic mass is 10.00. The number of ether oxygens (including phenoxy) is 5. The van der Waals surface area contributed by atoms with E-state index in [9.17, 15) is 14.4 Å². The molecule has 3 aromatic rings. The molecule has 1 aliphatic rings. The van der Waals surface area contributed by atoms with Gasteiger partial charge in [0.2, 0.25) is 0 Å². The fourth-order valence-electron chi connectivity index (χ4n) is 4.01. The summed E-state index contributed by atoms with van der Waals surface area (Å²) in [7, 11) is 1.51. The van der Waals surface area contributed by atoms with Gasteiger partial charge >= 0.3 is 0 Å². The van der Waals surface area contributed by atoms with E-state index in [1.165, 1.54) is 0 Å². The summed E-state index contributed by atoms with van der Waals surface area (Å²) in [5.41, 5.74) is 0.724. The van der Waals surface area contributed by atoms with Gasteiger partial charge in [-0.2, -0.15) is 0 Å². The Balaban J connectivity index is 1.46. The lowest BCUT2D eigenvalue weighted by molar-refractivity contribution is -0.226. The first-order valence-corrected chi connectivity index (χ1v) is 13.1. The third-order valence-corrected chi connectivity index (χ3v) is 7.68. The van der Waals surface area contributed by atoms with Gasteiger partial charge in [-0.05, 0) is 47.5 Å². The molecule has 9 heteroatoms. The van der Waals surface area contributed by atoms with Crippen LogP contribution in [0.1, 0.15) is 11.1 Å². The predicted molar refractivity (Wildman–Crippen MR) is 138 cm³/mol. The zero-order valence-electron chi connectivity index (χ0n) is 20.8. The third-order valence-electron chi connectivity index (χ3n) is 6.14. The van der Waals surface area contributed by atoms with Crippen molar-refractivity contribution in [1.29, 1.82) is 0 Å². The largest absolute Gasteiger partial charge is 0.497 e. The monoisotopic (exact) mass is 528 g/mol. The molecule has 0 spiro atoms. The van der Waals surface area contributed by atoms with Crippen molar-refractivity contribution in [2.45, 2.75) is 48.0 Å². The van der Waals surface area contributed by atoms with E-state index in [4.69, 9.17) is 23.7 Å². The fraction of sp³-hybridized carbons (Fsp3) is 0.357. The Hall–Kier alpha value is -2.79. The Morgan fingerprint density at radius 1 is 0.784 bits per heavy atom. The predicted octanol–water partition coefficient (Wildman–Crippen LogP) is 3.06. The molecule has 1 unspecified atom stereocenters. The summed E-state index contributed by atoms with van der Waals surface area (Å²) in [5.74, 6) is 1.45. The van der Waals surface area contributed by atoms with Crippen LogP contribution in [0.4, 0.5) is 0 Å². The normalized spacial score (nSPS) is 24.4. The maximum atomic E-state index is 13.5. The van der Waals surface area contributed by atoms with Crippen LogP contribution in [0, 0.1) is 0 Å². The highest BCUT2D eigenvalue weighted by Crippen LogP contribution is 2.30. The number of methoxy groups -OCH3 is 2. The zero-order chi connectivity index (χ0) is 26.2. The van der Waals surface area contributed by atoms with Gasteiger partial charge in [-0.3, -0.25) is 4.21 Å². The minimum atomic E-state index is -1.67. The van der Waals surface area contributed by atoms with E-state index >= 15 is 0 Å².